The predicted octanol–water partition coefficient (Wildman–Crippen LogP) is 3.54. The third kappa shape index (κ3) is 4.47. The van der Waals surface area contributed by atoms with Crippen molar-refractivity contribution < 1.29 is 4.79 Å². The highest BCUT2D eigenvalue weighted by Crippen LogP contribution is 2.34. The normalized spacial score (nSPS) is 20.5. The molecule has 2 aromatic carbocycles. The van der Waals surface area contributed by atoms with Crippen molar-refractivity contribution in [3.63, 3.8) is 0 Å². The fourth-order valence-corrected chi connectivity index (χ4v) is 4.36. The minimum atomic E-state index is -0.0405. The van der Waals surface area contributed by atoms with E-state index in [1.807, 2.05) is 0 Å². The van der Waals surface area contributed by atoms with Gasteiger partial charge in [0.1, 0.15) is 0 Å². The van der Waals surface area contributed by atoms with Gasteiger partial charge >= 0.3 is 0 Å². The summed E-state index contributed by atoms with van der Waals surface area (Å²) in [6.45, 7) is 10.6. The zero-order valence-corrected chi connectivity index (χ0v) is 18.6. The maximum atomic E-state index is 13.3. The topological polar surface area (TPSA) is 39.2 Å². The van der Waals surface area contributed by atoms with Gasteiger partial charge in [0.25, 0.3) is 5.91 Å². The molecule has 0 N–H and O–H groups in total. The molecule has 4 rings (SSSR count). The van der Waals surface area contributed by atoms with Crippen LogP contribution in [0.25, 0.3) is 0 Å². The van der Waals surface area contributed by atoms with E-state index >= 15 is 0 Å². The molecule has 2 aliphatic rings. The van der Waals surface area contributed by atoms with Gasteiger partial charge in [0.15, 0.2) is 0 Å². The Morgan fingerprint density at radius 3 is 2.30 bits per heavy atom. The van der Waals surface area contributed by atoms with Crippen molar-refractivity contribution in [2.45, 2.75) is 33.2 Å². The summed E-state index contributed by atoms with van der Waals surface area (Å²) in [4.78, 5) is 17.9. The Morgan fingerprint density at radius 1 is 0.967 bits per heavy atom. The number of rotatable bonds is 4. The number of likely N-dealkylation sites (N-methyl/N-ethyl adjacent to an activating group) is 1. The Balaban J connectivity index is 1.60. The van der Waals surface area contributed by atoms with Crippen LogP contribution in [-0.4, -0.2) is 66.2 Å². The van der Waals surface area contributed by atoms with Crippen LogP contribution in [0.5, 0.6) is 0 Å². The predicted molar refractivity (Wildman–Crippen MR) is 122 cm³/mol. The number of aryl methyl sites for hydroxylation is 3. The molecule has 0 bridgehead atoms. The number of piperazine rings is 1. The zero-order chi connectivity index (χ0) is 21.3. The van der Waals surface area contributed by atoms with Gasteiger partial charge in [-0.05, 0) is 38.9 Å². The zero-order valence-electron chi connectivity index (χ0n) is 18.6. The van der Waals surface area contributed by atoms with Crippen molar-refractivity contribution in [1.82, 2.24) is 14.8 Å². The first kappa shape index (κ1) is 20.8. The van der Waals surface area contributed by atoms with Crippen molar-refractivity contribution >= 4 is 11.6 Å². The smallest absolute Gasteiger partial charge is 0.257 e. The van der Waals surface area contributed by atoms with E-state index in [2.05, 4.69) is 80.1 Å². The van der Waals surface area contributed by atoms with E-state index in [4.69, 9.17) is 5.10 Å². The van der Waals surface area contributed by atoms with E-state index in [1.54, 1.807) is 5.01 Å². The largest absolute Gasteiger partial charge is 0.304 e. The Hall–Kier alpha value is -2.50. The number of amides is 1. The first-order valence-corrected chi connectivity index (χ1v) is 10.9. The highest BCUT2D eigenvalue weighted by atomic mass is 16.2. The van der Waals surface area contributed by atoms with Crippen molar-refractivity contribution in [2.75, 3.05) is 39.8 Å². The Bertz CT molecular complexity index is 942. The summed E-state index contributed by atoms with van der Waals surface area (Å²) in [5.41, 5.74) is 6.98. The number of carbonyl (C=O) groups excluding carboxylic acids is 1. The summed E-state index contributed by atoms with van der Waals surface area (Å²) >= 11 is 0. The van der Waals surface area contributed by atoms with Crippen LogP contribution in [0.3, 0.4) is 0 Å². The quantitative estimate of drug-likeness (QED) is 0.783. The van der Waals surface area contributed by atoms with E-state index in [9.17, 15) is 4.79 Å². The van der Waals surface area contributed by atoms with Crippen molar-refractivity contribution in [1.29, 1.82) is 0 Å². The summed E-state index contributed by atoms with van der Waals surface area (Å²) in [7, 11) is 2.13. The van der Waals surface area contributed by atoms with Crippen LogP contribution in [-0.2, 0) is 4.79 Å². The van der Waals surface area contributed by atoms with Crippen LogP contribution in [0.4, 0.5) is 0 Å². The van der Waals surface area contributed by atoms with Gasteiger partial charge in [-0.2, -0.15) is 5.10 Å². The molecule has 0 aliphatic carbocycles. The molecule has 2 aliphatic heterocycles. The maximum absolute atomic E-state index is 13.3. The van der Waals surface area contributed by atoms with Crippen LogP contribution in [0.15, 0.2) is 47.6 Å². The Kier molecular flexibility index (Phi) is 6.02. The first-order valence-electron chi connectivity index (χ1n) is 10.9. The van der Waals surface area contributed by atoms with E-state index in [0.717, 1.165) is 49.4 Å². The molecule has 0 aromatic heterocycles. The molecule has 158 valence electrons. The molecule has 0 spiro atoms. The average molecular weight is 405 g/mol. The molecule has 2 heterocycles. The number of benzene rings is 2. The summed E-state index contributed by atoms with van der Waals surface area (Å²) < 4.78 is 0. The maximum Gasteiger partial charge on any atom is 0.257 e. The van der Waals surface area contributed by atoms with Crippen LogP contribution >= 0.6 is 0 Å². The highest BCUT2D eigenvalue weighted by Gasteiger charge is 2.34. The Labute approximate surface area is 180 Å². The minimum absolute atomic E-state index is 0.0405. The highest BCUT2D eigenvalue weighted by molar-refractivity contribution is 6.04. The number of hydrazone groups is 1. The van der Waals surface area contributed by atoms with Gasteiger partial charge in [0, 0.05) is 38.2 Å². The van der Waals surface area contributed by atoms with Crippen LogP contribution in [0, 0.1) is 20.8 Å². The molecule has 1 saturated heterocycles. The van der Waals surface area contributed by atoms with E-state index in [1.165, 1.54) is 16.7 Å². The molecule has 0 radical (unpaired) electrons. The molecule has 2 aromatic rings. The molecule has 1 fully saturated rings. The summed E-state index contributed by atoms with van der Waals surface area (Å²) in [6, 6.07) is 14.9. The summed E-state index contributed by atoms with van der Waals surface area (Å²) in [5, 5.41) is 6.62. The molecule has 5 nitrogen and oxygen atoms in total. The summed E-state index contributed by atoms with van der Waals surface area (Å²) in [5.74, 6) is 0.0879. The van der Waals surface area contributed by atoms with Crippen molar-refractivity contribution in [2.24, 2.45) is 5.10 Å². The van der Waals surface area contributed by atoms with Gasteiger partial charge < -0.3 is 4.90 Å². The molecule has 5 heteroatoms. The number of nitrogens with zero attached hydrogens (tertiary/aromatic N) is 4. The number of hydrogen-bond acceptors (Lipinski definition) is 4. The third-order valence-electron chi connectivity index (χ3n) is 6.28. The molecule has 30 heavy (non-hydrogen) atoms. The van der Waals surface area contributed by atoms with Crippen molar-refractivity contribution in [3.05, 3.63) is 70.3 Å². The molecule has 1 atom stereocenters. The Morgan fingerprint density at radius 2 is 1.63 bits per heavy atom. The van der Waals surface area contributed by atoms with Crippen LogP contribution in [0.2, 0.25) is 0 Å². The molecular formula is C25H32N4O. The second kappa shape index (κ2) is 8.70. The standard InChI is InChI=1S/C25H32N4O/c1-18-5-8-21(9-6-18)24-16-23(22-10-7-19(2)15-20(22)3)26-29(24)25(30)17-28-13-11-27(4)12-14-28/h5-10,15,24H,11-14,16-17H2,1-4H3/t24-/m1/s1. The van der Waals surface area contributed by atoms with Gasteiger partial charge in [-0.1, -0.05) is 53.6 Å². The lowest BCUT2D eigenvalue weighted by Crippen LogP contribution is -2.48. The first-order chi connectivity index (χ1) is 14.4. The van der Waals surface area contributed by atoms with Crippen LogP contribution < -0.4 is 0 Å². The molecule has 0 unspecified atom stereocenters. The van der Waals surface area contributed by atoms with Gasteiger partial charge in [-0.25, -0.2) is 5.01 Å². The van der Waals surface area contributed by atoms with Gasteiger partial charge in [0.05, 0.1) is 18.3 Å². The van der Waals surface area contributed by atoms with Crippen molar-refractivity contribution in [3.8, 4) is 0 Å². The fourth-order valence-electron chi connectivity index (χ4n) is 4.36. The summed E-state index contributed by atoms with van der Waals surface area (Å²) in [6.07, 6.45) is 0.751. The lowest BCUT2D eigenvalue weighted by atomic mass is 9.95. The van der Waals surface area contributed by atoms with Gasteiger partial charge in [-0.15, -0.1) is 0 Å². The average Bonchev–Trinajstić information content (AvgIpc) is 3.15. The molecule has 1 amide bonds. The lowest BCUT2D eigenvalue weighted by molar-refractivity contribution is -0.134. The number of carbonyl (C=O) groups is 1. The van der Waals surface area contributed by atoms with Gasteiger partial charge in [-0.3, -0.25) is 9.69 Å². The van der Waals surface area contributed by atoms with Gasteiger partial charge in [0.2, 0.25) is 0 Å². The SMILES string of the molecule is Cc1ccc([C@H]2CC(c3ccc(C)cc3C)=NN2C(=O)CN2CCN(C)CC2)cc1. The second-order valence-electron chi connectivity index (χ2n) is 8.81. The third-order valence-corrected chi connectivity index (χ3v) is 6.28. The van der Waals surface area contributed by atoms with Crippen LogP contribution in [0.1, 0.15) is 40.3 Å². The second-order valence-corrected chi connectivity index (χ2v) is 8.81. The fraction of sp³-hybridized carbons (Fsp3) is 0.440. The van der Waals surface area contributed by atoms with E-state index in [0.29, 0.717) is 6.54 Å². The lowest BCUT2D eigenvalue weighted by Gasteiger charge is -2.33. The van der Waals surface area contributed by atoms with E-state index in [-0.39, 0.29) is 11.9 Å². The monoisotopic (exact) mass is 404 g/mol. The molecular weight excluding hydrogens is 372 g/mol. The molecule has 0 saturated carbocycles. The minimum Gasteiger partial charge on any atom is -0.304 e. The number of hydrogen-bond donors (Lipinski definition) is 0. The van der Waals surface area contributed by atoms with E-state index < -0.39 is 0 Å².